The van der Waals surface area contributed by atoms with E-state index < -0.39 is 11.8 Å². The first-order chi connectivity index (χ1) is 12.0. The van der Waals surface area contributed by atoms with Crippen LogP contribution in [0.3, 0.4) is 0 Å². The molecule has 0 aliphatic heterocycles. The largest absolute Gasteiger partial charge is 0.481 e. The van der Waals surface area contributed by atoms with Crippen molar-refractivity contribution in [2.24, 2.45) is 0 Å². The molecule has 1 aromatic carbocycles. The van der Waals surface area contributed by atoms with Crippen molar-refractivity contribution >= 4 is 28.6 Å². The van der Waals surface area contributed by atoms with Crippen molar-refractivity contribution in [3.63, 3.8) is 0 Å². The Labute approximate surface area is 148 Å². The molecule has 0 atom stereocenters. The standard InChI is InChI=1S/C18H14ClFN2O3/c1-3-25-18(23)12-9-21-14-6-7-15(24-2)22-17(14)16(12)11-5-4-10(20)8-13(11)19/h4-9H,3H2,1-2H3. The van der Waals surface area contributed by atoms with Crippen LogP contribution in [-0.4, -0.2) is 29.7 Å². The molecule has 0 aliphatic carbocycles. The number of pyridine rings is 2. The monoisotopic (exact) mass is 360 g/mol. The van der Waals surface area contributed by atoms with Gasteiger partial charge in [-0.1, -0.05) is 11.6 Å². The third-order valence-corrected chi connectivity index (χ3v) is 3.90. The Kier molecular flexibility index (Phi) is 4.81. The molecule has 0 N–H and O–H groups in total. The van der Waals surface area contributed by atoms with Crippen molar-refractivity contribution in [1.29, 1.82) is 0 Å². The number of hydrogen-bond donors (Lipinski definition) is 0. The molecule has 2 heterocycles. The van der Waals surface area contributed by atoms with E-state index in [-0.39, 0.29) is 17.2 Å². The number of benzene rings is 1. The van der Waals surface area contributed by atoms with Crippen molar-refractivity contribution in [1.82, 2.24) is 9.97 Å². The second kappa shape index (κ2) is 7.03. The summed E-state index contributed by atoms with van der Waals surface area (Å²) in [5, 5.41) is 0.155. The van der Waals surface area contributed by atoms with Crippen LogP contribution in [0.2, 0.25) is 5.02 Å². The SMILES string of the molecule is CCOC(=O)c1cnc2ccc(OC)nc2c1-c1ccc(F)cc1Cl. The molecule has 0 amide bonds. The Bertz CT molecular complexity index is 962. The molecule has 0 spiro atoms. The fraction of sp³-hybridized carbons (Fsp3) is 0.167. The van der Waals surface area contributed by atoms with Gasteiger partial charge in [-0.25, -0.2) is 14.2 Å². The Morgan fingerprint density at radius 1 is 1.28 bits per heavy atom. The lowest BCUT2D eigenvalue weighted by Crippen LogP contribution is -2.08. The molecular weight excluding hydrogens is 347 g/mol. The van der Waals surface area contributed by atoms with Gasteiger partial charge in [0, 0.05) is 23.4 Å². The topological polar surface area (TPSA) is 61.3 Å². The van der Waals surface area contributed by atoms with Gasteiger partial charge in [0.25, 0.3) is 0 Å². The summed E-state index contributed by atoms with van der Waals surface area (Å²) in [6.45, 7) is 1.91. The molecule has 2 aromatic heterocycles. The Balaban J connectivity index is 2.37. The number of carbonyl (C=O) groups excluding carboxylic acids is 1. The van der Waals surface area contributed by atoms with Gasteiger partial charge in [0.15, 0.2) is 0 Å². The first-order valence-electron chi connectivity index (χ1n) is 7.51. The molecule has 3 rings (SSSR count). The normalized spacial score (nSPS) is 10.7. The lowest BCUT2D eigenvalue weighted by molar-refractivity contribution is 0.0527. The molecule has 0 saturated carbocycles. The minimum atomic E-state index is -0.558. The van der Waals surface area contributed by atoms with E-state index in [0.29, 0.717) is 28.0 Å². The second-order valence-electron chi connectivity index (χ2n) is 5.11. The van der Waals surface area contributed by atoms with Gasteiger partial charge in [-0.05, 0) is 31.2 Å². The number of hydrogen-bond acceptors (Lipinski definition) is 5. The summed E-state index contributed by atoms with van der Waals surface area (Å²) in [6, 6.07) is 7.32. The molecule has 7 heteroatoms. The summed E-state index contributed by atoms with van der Waals surface area (Å²) in [6.07, 6.45) is 1.41. The number of rotatable bonds is 4. The van der Waals surface area contributed by atoms with E-state index >= 15 is 0 Å². The number of aromatic nitrogens is 2. The molecule has 5 nitrogen and oxygen atoms in total. The Morgan fingerprint density at radius 2 is 2.08 bits per heavy atom. The molecule has 0 radical (unpaired) electrons. The molecule has 0 bridgehead atoms. The van der Waals surface area contributed by atoms with Crippen LogP contribution in [0.4, 0.5) is 4.39 Å². The summed E-state index contributed by atoms with van der Waals surface area (Å²) in [7, 11) is 1.49. The summed E-state index contributed by atoms with van der Waals surface area (Å²) in [4.78, 5) is 21.0. The second-order valence-corrected chi connectivity index (χ2v) is 5.52. The molecule has 128 valence electrons. The van der Waals surface area contributed by atoms with Crippen LogP contribution < -0.4 is 4.74 Å². The van der Waals surface area contributed by atoms with Gasteiger partial charge in [-0.2, -0.15) is 0 Å². The zero-order chi connectivity index (χ0) is 18.0. The number of esters is 1. The van der Waals surface area contributed by atoms with E-state index in [1.807, 2.05) is 0 Å². The third-order valence-electron chi connectivity index (χ3n) is 3.59. The highest BCUT2D eigenvalue weighted by molar-refractivity contribution is 6.34. The molecule has 3 aromatic rings. The van der Waals surface area contributed by atoms with Crippen molar-refractivity contribution in [3.8, 4) is 17.0 Å². The van der Waals surface area contributed by atoms with E-state index in [1.165, 1.54) is 31.5 Å². The van der Waals surface area contributed by atoms with E-state index in [0.717, 1.165) is 0 Å². The summed E-state index contributed by atoms with van der Waals surface area (Å²) in [5.41, 5.74) is 2.04. The molecule has 0 saturated heterocycles. The van der Waals surface area contributed by atoms with Gasteiger partial charge in [0.05, 0.1) is 29.8 Å². The number of fused-ring (bicyclic) bond motifs is 1. The van der Waals surface area contributed by atoms with Crippen molar-refractivity contribution in [2.75, 3.05) is 13.7 Å². The van der Waals surface area contributed by atoms with E-state index in [1.54, 1.807) is 19.1 Å². The molecular formula is C18H14ClFN2O3. The molecule has 0 aliphatic rings. The van der Waals surface area contributed by atoms with Crippen LogP contribution in [0.5, 0.6) is 5.88 Å². The smallest absolute Gasteiger partial charge is 0.340 e. The first-order valence-corrected chi connectivity index (χ1v) is 7.89. The number of methoxy groups -OCH3 is 1. The predicted molar refractivity (Wildman–Crippen MR) is 92.5 cm³/mol. The van der Waals surface area contributed by atoms with Crippen LogP contribution in [0, 0.1) is 5.82 Å². The van der Waals surface area contributed by atoms with Gasteiger partial charge in [0.2, 0.25) is 5.88 Å². The fourth-order valence-electron chi connectivity index (χ4n) is 2.49. The average molecular weight is 361 g/mol. The van der Waals surface area contributed by atoms with Crippen LogP contribution in [0.25, 0.3) is 22.2 Å². The summed E-state index contributed by atoms with van der Waals surface area (Å²) >= 11 is 6.22. The maximum absolute atomic E-state index is 13.5. The highest BCUT2D eigenvalue weighted by atomic mass is 35.5. The van der Waals surface area contributed by atoms with Crippen LogP contribution >= 0.6 is 11.6 Å². The number of halogens is 2. The highest BCUT2D eigenvalue weighted by Crippen LogP contribution is 2.36. The van der Waals surface area contributed by atoms with Crippen LogP contribution in [-0.2, 0) is 4.74 Å². The predicted octanol–water partition coefficient (Wildman–Crippen LogP) is 4.27. The quantitative estimate of drug-likeness (QED) is 0.650. The van der Waals surface area contributed by atoms with Gasteiger partial charge in [-0.15, -0.1) is 0 Å². The third kappa shape index (κ3) is 3.25. The summed E-state index contributed by atoms with van der Waals surface area (Å²) < 4.78 is 23.7. The van der Waals surface area contributed by atoms with E-state index in [2.05, 4.69) is 9.97 Å². The number of nitrogens with zero attached hydrogens (tertiary/aromatic N) is 2. The molecule has 25 heavy (non-hydrogen) atoms. The molecule has 0 unspecified atom stereocenters. The molecule has 0 fully saturated rings. The van der Waals surface area contributed by atoms with Crippen molar-refractivity contribution in [2.45, 2.75) is 6.92 Å². The first kappa shape index (κ1) is 17.1. The van der Waals surface area contributed by atoms with E-state index in [4.69, 9.17) is 21.1 Å². The van der Waals surface area contributed by atoms with Crippen LogP contribution in [0.1, 0.15) is 17.3 Å². The van der Waals surface area contributed by atoms with Crippen molar-refractivity contribution in [3.05, 3.63) is 52.9 Å². The minimum absolute atomic E-state index is 0.155. The zero-order valence-corrected chi connectivity index (χ0v) is 14.3. The average Bonchev–Trinajstić information content (AvgIpc) is 2.61. The maximum atomic E-state index is 13.5. The number of ether oxygens (including phenoxy) is 2. The lowest BCUT2D eigenvalue weighted by Gasteiger charge is -2.13. The zero-order valence-electron chi connectivity index (χ0n) is 13.5. The van der Waals surface area contributed by atoms with Crippen molar-refractivity contribution < 1.29 is 18.7 Å². The van der Waals surface area contributed by atoms with E-state index in [9.17, 15) is 9.18 Å². The Morgan fingerprint density at radius 3 is 2.76 bits per heavy atom. The Hall–Kier alpha value is -2.73. The van der Waals surface area contributed by atoms with Gasteiger partial charge < -0.3 is 9.47 Å². The number of carbonyl (C=O) groups is 1. The van der Waals surface area contributed by atoms with Gasteiger partial charge in [-0.3, -0.25) is 4.98 Å². The van der Waals surface area contributed by atoms with Gasteiger partial charge >= 0.3 is 5.97 Å². The fourth-order valence-corrected chi connectivity index (χ4v) is 2.75. The maximum Gasteiger partial charge on any atom is 0.340 e. The van der Waals surface area contributed by atoms with Gasteiger partial charge in [0.1, 0.15) is 11.3 Å². The summed E-state index contributed by atoms with van der Waals surface area (Å²) in [5.74, 6) is -0.679. The lowest BCUT2D eigenvalue weighted by atomic mass is 9.99. The highest BCUT2D eigenvalue weighted by Gasteiger charge is 2.21. The van der Waals surface area contributed by atoms with Crippen LogP contribution in [0.15, 0.2) is 36.5 Å². The minimum Gasteiger partial charge on any atom is -0.481 e.